The number of benzene rings is 1. The van der Waals surface area contributed by atoms with E-state index >= 15 is 0 Å². The highest BCUT2D eigenvalue weighted by Gasteiger charge is 2.18. The molecule has 3 aromatic rings. The molecule has 0 aliphatic heterocycles. The summed E-state index contributed by atoms with van der Waals surface area (Å²) >= 11 is 0. The first-order chi connectivity index (χ1) is 11.7. The summed E-state index contributed by atoms with van der Waals surface area (Å²) in [5.41, 5.74) is 1.98. The lowest BCUT2D eigenvalue weighted by Crippen LogP contribution is -2.26. The van der Waals surface area contributed by atoms with Gasteiger partial charge in [0.05, 0.1) is 5.56 Å². The summed E-state index contributed by atoms with van der Waals surface area (Å²) in [4.78, 5) is 16.5. The van der Waals surface area contributed by atoms with Crippen molar-refractivity contribution in [2.75, 3.05) is 0 Å². The third-order valence-electron chi connectivity index (χ3n) is 3.53. The molecule has 0 radical (unpaired) electrons. The van der Waals surface area contributed by atoms with Gasteiger partial charge in [-0.1, -0.05) is 0 Å². The number of nitrogens with zero attached hydrogens (tertiary/aromatic N) is 3. The Labute approximate surface area is 138 Å². The van der Waals surface area contributed by atoms with E-state index in [-0.39, 0.29) is 23.0 Å². The molecule has 0 spiro atoms. The Bertz CT molecular complexity index is 895. The second-order valence-corrected chi connectivity index (χ2v) is 5.07. The number of aromatic nitrogens is 2. The summed E-state index contributed by atoms with van der Waals surface area (Å²) in [7, 11) is 0. The maximum Gasteiger partial charge on any atom is 0.269 e. The molecule has 0 aliphatic carbocycles. The number of amides is 1. The van der Waals surface area contributed by atoms with Gasteiger partial charge >= 0.3 is 0 Å². The lowest BCUT2D eigenvalue weighted by Gasteiger charge is -2.10. The summed E-state index contributed by atoms with van der Waals surface area (Å²) in [5, 5.41) is 12.0. The van der Waals surface area contributed by atoms with Crippen LogP contribution in [0.1, 0.15) is 21.6 Å². The molecule has 3 rings (SSSR count). The SMILES string of the molecule is N#Cc1ccn(-c2ccc(F)cc2)c1C(=O)NCc1ccncc1. The minimum atomic E-state index is -0.377. The van der Waals surface area contributed by atoms with E-state index in [9.17, 15) is 14.4 Å². The van der Waals surface area contributed by atoms with Crippen molar-refractivity contribution in [3.05, 3.63) is 83.7 Å². The van der Waals surface area contributed by atoms with E-state index in [0.717, 1.165) is 5.56 Å². The molecule has 0 fully saturated rings. The molecule has 2 heterocycles. The Hall–Kier alpha value is -3.46. The van der Waals surface area contributed by atoms with E-state index in [1.807, 2.05) is 6.07 Å². The van der Waals surface area contributed by atoms with Crippen molar-refractivity contribution in [2.45, 2.75) is 6.54 Å². The van der Waals surface area contributed by atoms with Crippen LogP contribution in [0.2, 0.25) is 0 Å². The zero-order valence-corrected chi connectivity index (χ0v) is 12.6. The fraction of sp³-hybridized carbons (Fsp3) is 0.0556. The topological polar surface area (TPSA) is 70.7 Å². The van der Waals surface area contributed by atoms with Gasteiger partial charge < -0.3 is 9.88 Å². The molecule has 6 heteroatoms. The van der Waals surface area contributed by atoms with Crippen molar-refractivity contribution in [1.82, 2.24) is 14.9 Å². The van der Waals surface area contributed by atoms with Crippen LogP contribution in [0.3, 0.4) is 0 Å². The fourth-order valence-electron chi connectivity index (χ4n) is 2.34. The third-order valence-corrected chi connectivity index (χ3v) is 3.53. The van der Waals surface area contributed by atoms with Gasteiger partial charge in [-0.05, 0) is 48.0 Å². The largest absolute Gasteiger partial charge is 0.347 e. The minimum Gasteiger partial charge on any atom is -0.347 e. The van der Waals surface area contributed by atoms with Crippen molar-refractivity contribution >= 4 is 5.91 Å². The Morgan fingerprint density at radius 3 is 2.54 bits per heavy atom. The summed E-state index contributed by atoms with van der Waals surface area (Å²) < 4.78 is 14.7. The maximum absolute atomic E-state index is 13.1. The number of hydrogen-bond acceptors (Lipinski definition) is 3. The first kappa shape index (κ1) is 15.4. The lowest BCUT2D eigenvalue weighted by atomic mass is 10.2. The smallest absolute Gasteiger partial charge is 0.269 e. The lowest BCUT2D eigenvalue weighted by molar-refractivity contribution is 0.0944. The van der Waals surface area contributed by atoms with Crippen LogP contribution in [0, 0.1) is 17.1 Å². The van der Waals surface area contributed by atoms with Gasteiger partial charge in [0.15, 0.2) is 0 Å². The number of nitriles is 1. The molecular weight excluding hydrogens is 307 g/mol. The molecule has 118 valence electrons. The maximum atomic E-state index is 13.1. The Kier molecular flexibility index (Phi) is 4.34. The van der Waals surface area contributed by atoms with E-state index < -0.39 is 0 Å². The average Bonchev–Trinajstić information content (AvgIpc) is 3.05. The number of nitrogens with one attached hydrogen (secondary N) is 1. The van der Waals surface area contributed by atoms with Crippen LogP contribution in [-0.4, -0.2) is 15.5 Å². The van der Waals surface area contributed by atoms with E-state index in [1.165, 1.54) is 12.1 Å². The van der Waals surface area contributed by atoms with Crippen LogP contribution in [0.25, 0.3) is 5.69 Å². The number of pyridine rings is 1. The minimum absolute atomic E-state index is 0.221. The van der Waals surface area contributed by atoms with Crippen LogP contribution in [-0.2, 0) is 6.54 Å². The second-order valence-electron chi connectivity index (χ2n) is 5.07. The standard InChI is InChI=1S/C18H13FN4O/c19-15-1-3-16(4-2-15)23-10-7-14(11-20)17(23)18(24)22-12-13-5-8-21-9-6-13/h1-10H,12H2,(H,22,24). The van der Waals surface area contributed by atoms with Crippen molar-refractivity contribution in [3.63, 3.8) is 0 Å². The van der Waals surface area contributed by atoms with Gasteiger partial charge in [0, 0.05) is 30.8 Å². The van der Waals surface area contributed by atoms with Crippen LogP contribution in [0.5, 0.6) is 0 Å². The summed E-state index contributed by atoms with van der Waals surface area (Å²) in [6.45, 7) is 0.320. The number of hydrogen-bond donors (Lipinski definition) is 1. The molecule has 0 saturated carbocycles. The molecule has 0 unspecified atom stereocenters. The first-order valence-corrected chi connectivity index (χ1v) is 7.23. The number of carbonyl (C=O) groups excluding carboxylic acids is 1. The summed E-state index contributed by atoms with van der Waals surface area (Å²) in [5.74, 6) is -0.743. The molecule has 1 N–H and O–H groups in total. The molecule has 5 nitrogen and oxygen atoms in total. The van der Waals surface area contributed by atoms with E-state index in [1.54, 1.807) is 53.5 Å². The van der Waals surface area contributed by atoms with Gasteiger partial charge in [-0.15, -0.1) is 0 Å². The predicted molar refractivity (Wildman–Crippen MR) is 85.8 cm³/mol. The van der Waals surface area contributed by atoms with Crippen molar-refractivity contribution in [1.29, 1.82) is 5.26 Å². The third kappa shape index (κ3) is 3.15. The number of rotatable bonds is 4. The monoisotopic (exact) mass is 320 g/mol. The van der Waals surface area contributed by atoms with Crippen molar-refractivity contribution < 1.29 is 9.18 Å². The van der Waals surface area contributed by atoms with E-state index in [2.05, 4.69) is 10.3 Å². The molecule has 0 saturated heterocycles. The number of halogens is 1. The van der Waals surface area contributed by atoms with Crippen LogP contribution < -0.4 is 5.32 Å². The zero-order chi connectivity index (χ0) is 16.9. The van der Waals surface area contributed by atoms with Crippen LogP contribution >= 0.6 is 0 Å². The molecule has 0 bridgehead atoms. The average molecular weight is 320 g/mol. The van der Waals surface area contributed by atoms with Gasteiger partial charge in [-0.2, -0.15) is 5.26 Å². The zero-order valence-electron chi connectivity index (χ0n) is 12.6. The Morgan fingerprint density at radius 1 is 1.17 bits per heavy atom. The molecular formula is C18H13FN4O. The molecule has 0 atom stereocenters. The highest BCUT2D eigenvalue weighted by Crippen LogP contribution is 2.17. The molecule has 1 amide bonds. The molecule has 2 aromatic heterocycles. The Balaban J connectivity index is 1.89. The van der Waals surface area contributed by atoms with Gasteiger partial charge in [-0.3, -0.25) is 9.78 Å². The fourth-order valence-corrected chi connectivity index (χ4v) is 2.34. The Morgan fingerprint density at radius 2 is 1.88 bits per heavy atom. The van der Waals surface area contributed by atoms with E-state index in [0.29, 0.717) is 12.2 Å². The predicted octanol–water partition coefficient (Wildman–Crippen LogP) is 2.81. The van der Waals surface area contributed by atoms with Gasteiger partial charge in [-0.25, -0.2) is 4.39 Å². The summed E-state index contributed by atoms with van der Waals surface area (Å²) in [6, 6.07) is 12.9. The van der Waals surface area contributed by atoms with Crippen molar-refractivity contribution in [3.8, 4) is 11.8 Å². The van der Waals surface area contributed by atoms with Gasteiger partial charge in [0.25, 0.3) is 5.91 Å². The highest BCUT2D eigenvalue weighted by molar-refractivity contribution is 5.95. The molecule has 0 aliphatic rings. The van der Waals surface area contributed by atoms with Crippen molar-refractivity contribution in [2.24, 2.45) is 0 Å². The molecule has 24 heavy (non-hydrogen) atoms. The molecule has 1 aromatic carbocycles. The number of carbonyl (C=O) groups is 1. The quantitative estimate of drug-likeness (QED) is 0.803. The normalized spacial score (nSPS) is 10.2. The first-order valence-electron chi connectivity index (χ1n) is 7.23. The van der Waals surface area contributed by atoms with E-state index in [4.69, 9.17) is 0 Å². The van der Waals surface area contributed by atoms with Gasteiger partial charge in [0.2, 0.25) is 0 Å². The highest BCUT2D eigenvalue weighted by atomic mass is 19.1. The summed E-state index contributed by atoms with van der Waals surface area (Å²) in [6.07, 6.45) is 4.90. The second kappa shape index (κ2) is 6.75. The van der Waals surface area contributed by atoms with Crippen LogP contribution in [0.4, 0.5) is 4.39 Å². The van der Waals surface area contributed by atoms with Crippen LogP contribution in [0.15, 0.2) is 61.1 Å². The van der Waals surface area contributed by atoms with Gasteiger partial charge in [0.1, 0.15) is 17.6 Å².